The van der Waals surface area contributed by atoms with Crippen LogP contribution in [0.1, 0.15) is 15.9 Å². The Hall–Kier alpha value is -3.60. The SMILES string of the molecule is Cc1ccc(Oc2ccc3oc(-c4ccccc4C(=O)O)nc3c2)cc1. The summed E-state index contributed by atoms with van der Waals surface area (Å²) in [5.74, 6) is 0.611. The number of ether oxygens (including phenoxy) is 1. The number of hydrogen-bond donors (Lipinski definition) is 1. The highest BCUT2D eigenvalue weighted by atomic mass is 16.5. The van der Waals surface area contributed by atoms with Crippen LogP contribution in [0.2, 0.25) is 0 Å². The van der Waals surface area contributed by atoms with Crippen LogP contribution in [-0.2, 0) is 0 Å². The third kappa shape index (κ3) is 3.02. The van der Waals surface area contributed by atoms with E-state index in [1.54, 1.807) is 36.4 Å². The summed E-state index contributed by atoms with van der Waals surface area (Å²) in [6.07, 6.45) is 0. The molecular formula is C21H15NO4. The molecule has 0 atom stereocenters. The van der Waals surface area contributed by atoms with Crippen molar-refractivity contribution in [3.8, 4) is 23.0 Å². The lowest BCUT2D eigenvalue weighted by Crippen LogP contribution is -1.98. The average molecular weight is 345 g/mol. The van der Waals surface area contributed by atoms with E-state index in [1.807, 2.05) is 31.2 Å². The summed E-state index contributed by atoms with van der Waals surface area (Å²) in [6.45, 7) is 2.02. The fourth-order valence-electron chi connectivity index (χ4n) is 2.68. The van der Waals surface area contributed by atoms with Gasteiger partial charge in [0.25, 0.3) is 0 Å². The summed E-state index contributed by atoms with van der Waals surface area (Å²) in [6, 6.07) is 19.7. The van der Waals surface area contributed by atoms with Crippen molar-refractivity contribution in [1.29, 1.82) is 0 Å². The van der Waals surface area contributed by atoms with Crippen LogP contribution >= 0.6 is 0 Å². The van der Waals surface area contributed by atoms with Gasteiger partial charge in [0.15, 0.2) is 5.58 Å². The highest BCUT2D eigenvalue weighted by Gasteiger charge is 2.16. The topological polar surface area (TPSA) is 72.6 Å². The molecule has 4 rings (SSSR count). The third-order valence-electron chi connectivity index (χ3n) is 4.00. The molecule has 0 radical (unpaired) electrons. The van der Waals surface area contributed by atoms with E-state index in [2.05, 4.69) is 4.98 Å². The van der Waals surface area contributed by atoms with Gasteiger partial charge in [-0.3, -0.25) is 0 Å². The smallest absolute Gasteiger partial charge is 0.336 e. The lowest BCUT2D eigenvalue weighted by molar-refractivity contribution is 0.0697. The van der Waals surface area contributed by atoms with E-state index < -0.39 is 5.97 Å². The number of aromatic carboxylic acids is 1. The number of aryl methyl sites for hydroxylation is 1. The number of carbonyl (C=O) groups is 1. The molecule has 128 valence electrons. The van der Waals surface area contributed by atoms with Crippen LogP contribution in [0.4, 0.5) is 0 Å². The maximum atomic E-state index is 11.4. The zero-order valence-electron chi connectivity index (χ0n) is 14.0. The van der Waals surface area contributed by atoms with Gasteiger partial charge in [0.05, 0.1) is 11.1 Å². The zero-order chi connectivity index (χ0) is 18.1. The summed E-state index contributed by atoms with van der Waals surface area (Å²) in [4.78, 5) is 15.8. The molecule has 0 saturated heterocycles. The first-order valence-corrected chi connectivity index (χ1v) is 8.08. The van der Waals surface area contributed by atoms with Crippen molar-refractivity contribution in [2.75, 3.05) is 0 Å². The van der Waals surface area contributed by atoms with Crippen molar-refractivity contribution >= 4 is 17.1 Å². The molecule has 0 spiro atoms. The number of aromatic nitrogens is 1. The van der Waals surface area contributed by atoms with Crippen molar-refractivity contribution in [1.82, 2.24) is 4.98 Å². The largest absolute Gasteiger partial charge is 0.478 e. The molecule has 3 aromatic carbocycles. The third-order valence-corrected chi connectivity index (χ3v) is 4.00. The number of rotatable bonds is 4. The number of hydrogen-bond acceptors (Lipinski definition) is 4. The maximum Gasteiger partial charge on any atom is 0.336 e. The van der Waals surface area contributed by atoms with Crippen molar-refractivity contribution < 1.29 is 19.1 Å². The monoisotopic (exact) mass is 345 g/mol. The lowest BCUT2D eigenvalue weighted by atomic mass is 10.1. The van der Waals surface area contributed by atoms with Crippen molar-refractivity contribution in [2.24, 2.45) is 0 Å². The van der Waals surface area contributed by atoms with E-state index >= 15 is 0 Å². The number of carboxylic acid groups (broad SMARTS) is 1. The quantitative estimate of drug-likeness (QED) is 0.544. The second-order valence-electron chi connectivity index (χ2n) is 5.91. The zero-order valence-corrected chi connectivity index (χ0v) is 14.0. The Morgan fingerprint density at radius 2 is 1.73 bits per heavy atom. The van der Waals surface area contributed by atoms with Crippen LogP contribution in [0.25, 0.3) is 22.6 Å². The van der Waals surface area contributed by atoms with Crippen LogP contribution in [-0.4, -0.2) is 16.1 Å². The predicted octanol–water partition coefficient (Wildman–Crippen LogP) is 5.29. The van der Waals surface area contributed by atoms with E-state index in [1.165, 1.54) is 6.07 Å². The number of fused-ring (bicyclic) bond motifs is 1. The molecule has 1 heterocycles. The van der Waals surface area contributed by atoms with Gasteiger partial charge in [-0.2, -0.15) is 0 Å². The molecule has 0 fully saturated rings. The number of nitrogens with zero attached hydrogens (tertiary/aromatic N) is 1. The summed E-state index contributed by atoms with van der Waals surface area (Å²) >= 11 is 0. The van der Waals surface area contributed by atoms with Gasteiger partial charge in [-0.15, -0.1) is 0 Å². The van der Waals surface area contributed by atoms with Gasteiger partial charge in [0.1, 0.15) is 17.0 Å². The minimum absolute atomic E-state index is 0.148. The van der Waals surface area contributed by atoms with Crippen LogP contribution in [0, 0.1) is 6.92 Å². The summed E-state index contributed by atoms with van der Waals surface area (Å²) in [7, 11) is 0. The van der Waals surface area contributed by atoms with Gasteiger partial charge < -0.3 is 14.3 Å². The molecule has 1 N–H and O–H groups in total. The molecule has 0 unspecified atom stereocenters. The average Bonchev–Trinajstić information content (AvgIpc) is 3.07. The van der Waals surface area contributed by atoms with E-state index in [0.29, 0.717) is 22.4 Å². The Balaban J connectivity index is 1.70. The first kappa shape index (κ1) is 15.9. The van der Waals surface area contributed by atoms with E-state index in [9.17, 15) is 9.90 Å². The summed E-state index contributed by atoms with van der Waals surface area (Å²) in [5.41, 5.74) is 2.92. The minimum Gasteiger partial charge on any atom is -0.478 e. The van der Waals surface area contributed by atoms with Gasteiger partial charge in [0.2, 0.25) is 5.89 Å². The van der Waals surface area contributed by atoms with E-state index in [0.717, 1.165) is 11.3 Å². The highest BCUT2D eigenvalue weighted by Crippen LogP contribution is 2.30. The summed E-state index contributed by atoms with van der Waals surface area (Å²) < 4.78 is 11.6. The van der Waals surface area contributed by atoms with Crippen molar-refractivity contribution in [2.45, 2.75) is 6.92 Å². The fraction of sp³-hybridized carbons (Fsp3) is 0.0476. The second-order valence-corrected chi connectivity index (χ2v) is 5.91. The van der Waals surface area contributed by atoms with E-state index in [4.69, 9.17) is 9.15 Å². The lowest BCUT2D eigenvalue weighted by Gasteiger charge is -2.05. The molecule has 5 nitrogen and oxygen atoms in total. The maximum absolute atomic E-state index is 11.4. The minimum atomic E-state index is -1.02. The molecule has 0 bridgehead atoms. The van der Waals surface area contributed by atoms with Crippen LogP contribution in [0.5, 0.6) is 11.5 Å². The number of benzene rings is 3. The molecule has 0 amide bonds. The molecular weight excluding hydrogens is 330 g/mol. The van der Waals surface area contributed by atoms with Crippen molar-refractivity contribution in [3.63, 3.8) is 0 Å². The fourth-order valence-corrected chi connectivity index (χ4v) is 2.68. The Labute approximate surface area is 149 Å². The first-order chi connectivity index (χ1) is 12.6. The number of carboxylic acids is 1. The van der Waals surface area contributed by atoms with Crippen molar-refractivity contribution in [3.05, 3.63) is 77.9 Å². The van der Waals surface area contributed by atoms with Gasteiger partial charge in [-0.05, 0) is 43.3 Å². The highest BCUT2D eigenvalue weighted by molar-refractivity contribution is 5.95. The molecule has 1 aromatic heterocycles. The number of oxazole rings is 1. The Morgan fingerprint density at radius 1 is 1.00 bits per heavy atom. The molecule has 26 heavy (non-hydrogen) atoms. The van der Waals surface area contributed by atoms with Gasteiger partial charge >= 0.3 is 5.97 Å². The standard InChI is InChI=1S/C21H15NO4/c1-13-6-8-14(9-7-13)25-15-10-11-19-18(12-15)22-20(26-19)16-4-2-3-5-17(16)21(23)24/h2-12H,1H3,(H,23,24). The normalized spacial score (nSPS) is 10.8. The molecule has 0 aliphatic heterocycles. The van der Waals surface area contributed by atoms with Crippen LogP contribution in [0.15, 0.2) is 71.1 Å². The molecule has 0 saturated carbocycles. The Kier molecular flexibility index (Phi) is 3.89. The molecule has 5 heteroatoms. The van der Waals surface area contributed by atoms with Gasteiger partial charge in [0, 0.05) is 6.07 Å². The van der Waals surface area contributed by atoms with Gasteiger partial charge in [-0.25, -0.2) is 9.78 Å². The van der Waals surface area contributed by atoms with Crippen LogP contribution < -0.4 is 4.74 Å². The summed E-state index contributed by atoms with van der Waals surface area (Å²) in [5, 5.41) is 9.34. The predicted molar refractivity (Wildman–Crippen MR) is 97.7 cm³/mol. The van der Waals surface area contributed by atoms with E-state index in [-0.39, 0.29) is 11.5 Å². The molecule has 4 aromatic rings. The van der Waals surface area contributed by atoms with Crippen LogP contribution in [0.3, 0.4) is 0 Å². The second kappa shape index (κ2) is 6.37. The molecule has 0 aliphatic rings. The molecule has 0 aliphatic carbocycles. The Morgan fingerprint density at radius 3 is 2.50 bits per heavy atom. The Bertz CT molecular complexity index is 1100. The first-order valence-electron chi connectivity index (χ1n) is 8.08. The van der Waals surface area contributed by atoms with Gasteiger partial charge in [-0.1, -0.05) is 29.8 Å².